The van der Waals surface area contributed by atoms with E-state index < -0.39 is 0 Å². The molecule has 0 amide bonds. The fourth-order valence-electron chi connectivity index (χ4n) is 0.112. The largest absolute Gasteiger partial charge is 0.314 e. The molecule has 0 saturated carbocycles. The van der Waals surface area contributed by atoms with E-state index in [0.29, 0.717) is 6.54 Å². The van der Waals surface area contributed by atoms with Crippen LogP contribution in [0.2, 0.25) is 0 Å². The summed E-state index contributed by atoms with van der Waals surface area (Å²) in [5, 5.41) is 3.01. The SMILES string of the molecule is CCN=C=NN. The van der Waals surface area contributed by atoms with Gasteiger partial charge in [0.05, 0.1) is 0 Å². The Morgan fingerprint density at radius 2 is 2.50 bits per heavy atom. The van der Waals surface area contributed by atoms with E-state index in [-0.39, 0.29) is 0 Å². The third kappa shape index (κ3) is 3.18. The Kier molecular flexibility index (Phi) is 3.61. The third-order valence-electron chi connectivity index (χ3n) is 0.287. The minimum absolute atomic E-state index is 0.695. The van der Waals surface area contributed by atoms with Gasteiger partial charge in [-0.05, 0) is 6.92 Å². The van der Waals surface area contributed by atoms with Crippen LogP contribution in [0.1, 0.15) is 6.92 Å². The van der Waals surface area contributed by atoms with Crippen molar-refractivity contribution in [1.82, 2.24) is 0 Å². The van der Waals surface area contributed by atoms with E-state index in [1.54, 1.807) is 0 Å². The highest BCUT2D eigenvalue weighted by atomic mass is 15.1. The van der Waals surface area contributed by atoms with Crippen LogP contribution < -0.4 is 5.84 Å². The fraction of sp³-hybridized carbons (Fsp3) is 0.667. The molecule has 0 aliphatic heterocycles. The van der Waals surface area contributed by atoms with E-state index in [4.69, 9.17) is 0 Å². The van der Waals surface area contributed by atoms with Crippen molar-refractivity contribution in [3.63, 3.8) is 0 Å². The van der Waals surface area contributed by atoms with Gasteiger partial charge >= 0.3 is 0 Å². The van der Waals surface area contributed by atoms with E-state index in [1.165, 1.54) is 0 Å². The van der Waals surface area contributed by atoms with Gasteiger partial charge in [-0.15, -0.1) is 5.10 Å². The summed E-state index contributed by atoms with van der Waals surface area (Å²) < 4.78 is 0. The van der Waals surface area contributed by atoms with Crippen LogP contribution in [0.15, 0.2) is 10.1 Å². The van der Waals surface area contributed by atoms with Gasteiger partial charge in [0.2, 0.25) is 0 Å². The monoisotopic (exact) mass is 85.1 g/mol. The second-order valence-corrected chi connectivity index (χ2v) is 0.703. The maximum absolute atomic E-state index is 4.63. The summed E-state index contributed by atoms with van der Waals surface area (Å²) in [4.78, 5) is 3.55. The number of hydrogen-bond acceptors (Lipinski definition) is 3. The number of nitrogens with two attached hydrogens (primary N) is 1. The summed E-state index contributed by atoms with van der Waals surface area (Å²) in [6.45, 7) is 2.58. The lowest BCUT2D eigenvalue weighted by Gasteiger charge is -1.63. The molecule has 0 aromatic rings. The van der Waals surface area contributed by atoms with Gasteiger partial charge in [0.1, 0.15) is 6.01 Å². The summed E-state index contributed by atoms with van der Waals surface area (Å²) in [6.07, 6.45) is 0. The van der Waals surface area contributed by atoms with E-state index in [0.717, 1.165) is 0 Å². The van der Waals surface area contributed by atoms with Crippen molar-refractivity contribution < 1.29 is 0 Å². The third-order valence-corrected chi connectivity index (χ3v) is 0.287. The summed E-state index contributed by atoms with van der Waals surface area (Å²) >= 11 is 0. The lowest BCUT2D eigenvalue weighted by molar-refractivity contribution is 1.13. The summed E-state index contributed by atoms with van der Waals surface area (Å²) in [5.41, 5.74) is 0. The van der Waals surface area contributed by atoms with Crippen molar-refractivity contribution in [1.29, 1.82) is 0 Å². The van der Waals surface area contributed by atoms with Crippen LogP contribution in [0.4, 0.5) is 0 Å². The second-order valence-electron chi connectivity index (χ2n) is 0.703. The molecule has 0 aliphatic carbocycles. The van der Waals surface area contributed by atoms with Gasteiger partial charge in [-0.2, -0.15) is 0 Å². The van der Waals surface area contributed by atoms with Gasteiger partial charge in [-0.3, -0.25) is 0 Å². The molecule has 3 nitrogen and oxygen atoms in total. The van der Waals surface area contributed by atoms with Crippen molar-refractivity contribution in [3.05, 3.63) is 0 Å². The Bertz CT molecular complexity index is 70.1. The molecule has 0 aromatic carbocycles. The van der Waals surface area contributed by atoms with Crippen LogP contribution in [-0.4, -0.2) is 12.6 Å². The molecule has 6 heavy (non-hydrogen) atoms. The first-order valence-corrected chi connectivity index (χ1v) is 1.73. The molecular weight excluding hydrogens is 78.1 g/mol. The topological polar surface area (TPSA) is 50.7 Å². The zero-order chi connectivity index (χ0) is 4.83. The highest BCUT2D eigenvalue weighted by Gasteiger charge is 1.52. The Morgan fingerprint density at radius 1 is 1.83 bits per heavy atom. The Morgan fingerprint density at radius 3 is 2.67 bits per heavy atom. The second kappa shape index (κ2) is 4.18. The molecule has 0 fully saturated rings. The number of rotatable bonds is 1. The van der Waals surface area contributed by atoms with E-state index in [1.807, 2.05) is 6.92 Å². The van der Waals surface area contributed by atoms with Crippen LogP contribution in [0, 0.1) is 0 Å². The average molecular weight is 85.1 g/mol. The molecule has 0 heterocycles. The normalized spacial score (nSPS) is 6.17. The molecule has 0 saturated heterocycles. The molecule has 3 heteroatoms. The highest BCUT2D eigenvalue weighted by Crippen LogP contribution is 1.54. The Hall–Kier alpha value is -0.820. The molecule has 0 aliphatic rings. The molecular formula is C3H7N3. The van der Waals surface area contributed by atoms with Crippen molar-refractivity contribution in [2.45, 2.75) is 6.92 Å². The van der Waals surface area contributed by atoms with Crippen LogP contribution in [0.3, 0.4) is 0 Å². The maximum Gasteiger partial charge on any atom is 0.114 e. The van der Waals surface area contributed by atoms with Crippen molar-refractivity contribution in [3.8, 4) is 0 Å². The van der Waals surface area contributed by atoms with Gasteiger partial charge < -0.3 is 5.84 Å². The van der Waals surface area contributed by atoms with Gasteiger partial charge in [0.25, 0.3) is 0 Å². The van der Waals surface area contributed by atoms with Crippen LogP contribution in [-0.2, 0) is 0 Å². The van der Waals surface area contributed by atoms with E-state index in [9.17, 15) is 0 Å². The predicted octanol–water partition coefficient (Wildman–Crippen LogP) is 0.0539. The first kappa shape index (κ1) is 5.18. The minimum Gasteiger partial charge on any atom is -0.314 e. The Labute approximate surface area is 36.6 Å². The summed E-state index contributed by atoms with van der Waals surface area (Å²) in [5.74, 6) is 4.63. The number of aliphatic imine (C=N–C) groups is 1. The molecule has 2 N–H and O–H groups in total. The quantitative estimate of drug-likeness (QED) is 0.273. The van der Waals surface area contributed by atoms with E-state index >= 15 is 0 Å². The van der Waals surface area contributed by atoms with Gasteiger partial charge in [0, 0.05) is 6.54 Å². The molecule has 0 bridgehead atoms. The molecule has 34 valence electrons. The van der Waals surface area contributed by atoms with Crippen LogP contribution in [0.5, 0.6) is 0 Å². The molecule has 0 rings (SSSR count). The van der Waals surface area contributed by atoms with Crippen molar-refractivity contribution in [2.75, 3.05) is 6.54 Å². The van der Waals surface area contributed by atoms with Gasteiger partial charge in [0.15, 0.2) is 0 Å². The lowest BCUT2D eigenvalue weighted by Crippen LogP contribution is -1.74. The number of hydrazone groups is 1. The smallest absolute Gasteiger partial charge is 0.114 e. The van der Waals surface area contributed by atoms with E-state index in [2.05, 4.69) is 21.9 Å². The lowest BCUT2D eigenvalue weighted by atomic mass is 10.8. The predicted molar refractivity (Wildman–Crippen MR) is 24.6 cm³/mol. The maximum atomic E-state index is 4.63. The molecule has 0 unspecified atom stereocenters. The van der Waals surface area contributed by atoms with Crippen molar-refractivity contribution >= 4 is 6.01 Å². The van der Waals surface area contributed by atoms with Gasteiger partial charge in [-0.25, -0.2) is 4.99 Å². The van der Waals surface area contributed by atoms with Crippen LogP contribution >= 0.6 is 0 Å². The molecule has 0 spiro atoms. The van der Waals surface area contributed by atoms with Gasteiger partial charge in [-0.1, -0.05) is 0 Å². The average Bonchev–Trinajstić information content (AvgIpc) is 1.61. The fourth-order valence-corrected chi connectivity index (χ4v) is 0.112. The number of nitrogens with zero attached hydrogens (tertiary/aromatic N) is 2. The summed E-state index contributed by atoms with van der Waals surface area (Å²) in [6, 6.07) is 2.23. The molecule has 0 radical (unpaired) electrons. The van der Waals surface area contributed by atoms with Crippen molar-refractivity contribution in [2.24, 2.45) is 15.9 Å². The standard InChI is InChI=1S/C3H7N3/c1-2-5-3-6-4/h2,4H2,1H3. The first-order valence-electron chi connectivity index (χ1n) is 1.73. The van der Waals surface area contributed by atoms with Crippen LogP contribution in [0.25, 0.3) is 0 Å². The highest BCUT2D eigenvalue weighted by molar-refractivity contribution is 5.39. The molecule has 0 atom stereocenters. The minimum atomic E-state index is 0.695. The summed E-state index contributed by atoms with van der Waals surface area (Å²) in [7, 11) is 0. The Balaban J connectivity index is 3.18. The molecule has 0 aromatic heterocycles. The zero-order valence-electron chi connectivity index (χ0n) is 3.68. The number of hydrogen-bond donors (Lipinski definition) is 1. The first-order chi connectivity index (χ1) is 2.91. The zero-order valence-corrected chi connectivity index (χ0v) is 3.68.